The van der Waals surface area contributed by atoms with Gasteiger partial charge in [0.05, 0.1) is 5.56 Å². The van der Waals surface area contributed by atoms with E-state index in [1.807, 2.05) is 31.3 Å². The summed E-state index contributed by atoms with van der Waals surface area (Å²) in [5.74, 6) is 1.45. The standard InChI is InChI=1S/C18H17N3OS/c1-21-18(15-5-3-4-6-16(15)22)19-17(20-21)12-9-13-7-10-14(23-2)11-8-13/h3-12,22H,1-2H3/b12-9+. The van der Waals surface area contributed by atoms with Crippen LogP contribution in [0.2, 0.25) is 0 Å². The number of aromatic hydroxyl groups is 1. The van der Waals surface area contributed by atoms with Crippen LogP contribution in [-0.4, -0.2) is 26.1 Å². The third-order valence-electron chi connectivity index (χ3n) is 3.47. The summed E-state index contributed by atoms with van der Waals surface area (Å²) < 4.78 is 1.67. The van der Waals surface area contributed by atoms with Crippen molar-refractivity contribution in [3.05, 3.63) is 59.9 Å². The number of para-hydroxylation sites is 1. The fraction of sp³-hybridized carbons (Fsp3) is 0.111. The monoisotopic (exact) mass is 323 g/mol. The summed E-state index contributed by atoms with van der Waals surface area (Å²) in [5.41, 5.74) is 1.77. The second kappa shape index (κ2) is 6.71. The van der Waals surface area contributed by atoms with Crippen molar-refractivity contribution in [3.8, 4) is 17.1 Å². The molecule has 0 aliphatic heterocycles. The Morgan fingerprint density at radius 1 is 1.04 bits per heavy atom. The average Bonchev–Trinajstić information content (AvgIpc) is 2.94. The summed E-state index contributed by atoms with van der Waals surface area (Å²) in [5, 5.41) is 14.3. The Morgan fingerprint density at radius 3 is 2.48 bits per heavy atom. The zero-order valence-corrected chi connectivity index (χ0v) is 13.8. The predicted molar refractivity (Wildman–Crippen MR) is 95.3 cm³/mol. The van der Waals surface area contributed by atoms with Gasteiger partial charge in [0.25, 0.3) is 0 Å². The van der Waals surface area contributed by atoms with Gasteiger partial charge in [-0.3, -0.25) is 0 Å². The lowest BCUT2D eigenvalue weighted by Crippen LogP contribution is -1.94. The molecule has 0 amide bonds. The molecular formula is C18H17N3OS. The van der Waals surface area contributed by atoms with Gasteiger partial charge in [0, 0.05) is 11.9 Å². The summed E-state index contributed by atoms with van der Waals surface area (Å²) in [6, 6.07) is 15.4. The van der Waals surface area contributed by atoms with Crippen molar-refractivity contribution in [3.63, 3.8) is 0 Å². The molecule has 0 aliphatic carbocycles. The zero-order valence-electron chi connectivity index (χ0n) is 13.0. The zero-order chi connectivity index (χ0) is 16.2. The number of nitrogens with zero attached hydrogens (tertiary/aromatic N) is 3. The summed E-state index contributed by atoms with van der Waals surface area (Å²) in [7, 11) is 1.82. The molecule has 1 N–H and O–H groups in total. The summed E-state index contributed by atoms with van der Waals surface area (Å²) in [6.07, 6.45) is 5.91. The van der Waals surface area contributed by atoms with E-state index in [0.29, 0.717) is 17.2 Å². The molecule has 3 rings (SSSR count). The Morgan fingerprint density at radius 2 is 1.78 bits per heavy atom. The summed E-state index contributed by atoms with van der Waals surface area (Å²) in [6.45, 7) is 0. The van der Waals surface area contributed by atoms with Crippen molar-refractivity contribution in [1.82, 2.24) is 14.8 Å². The molecule has 2 aromatic carbocycles. The molecular weight excluding hydrogens is 306 g/mol. The number of hydrogen-bond donors (Lipinski definition) is 1. The Labute approximate surface area is 139 Å². The van der Waals surface area contributed by atoms with E-state index in [0.717, 1.165) is 5.56 Å². The third-order valence-corrected chi connectivity index (χ3v) is 4.21. The fourth-order valence-corrected chi connectivity index (χ4v) is 2.67. The second-order valence-electron chi connectivity index (χ2n) is 5.04. The van der Waals surface area contributed by atoms with Gasteiger partial charge in [0.2, 0.25) is 0 Å². The van der Waals surface area contributed by atoms with Crippen molar-refractivity contribution < 1.29 is 5.11 Å². The van der Waals surface area contributed by atoms with Crippen LogP contribution >= 0.6 is 11.8 Å². The first-order chi connectivity index (χ1) is 11.2. The van der Waals surface area contributed by atoms with Gasteiger partial charge >= 0.3 is 0 Å². The summed E-state index contributed by atoms with van der Waals surface area (Å²) >= 11 is 1.72. The van der Waals surface area contributed by atoms with E-state index < -0.39 is 0 Å². The Bertz CT molecular complexity index is 838. The van der Waals surface area contributed by atoms with Crippen LogP contribution in [0.15, 0.2) is 53.4 Å². The van der Waals surface area contributed by atoms with Crippen LogP contribution in [0.1, 0.15) is 11.4 Å². The minimum absolute atomic E-state index is 0.200. The van der Waals surface area contributed by atoms with Gasteiger partial charge in [0.1, 0.15) is 5.75 Å². The Hall–Kier alpha value is -2.53. The maximum atomic E-state index is 9.95. The number of thioether (sulfide) groups is 1. The molecule has 0 bridgehead atoms. The van der Waals surface area contributed by atoms with Crippen molar-refractivity contribution in [2.45, 2.75) is 4.90 Å². The van der Waals surface area contributed by atoms with E-state index in [2.05, 4.69) is 40.6 Å². The molecule has 1 aromatic heterocycles. The summed E-state index contributed by atoms with van der Waals surface area (Å²) in [4.78, 5) is 5.73. The largest absolute Gasteiger partial charge is 0.507 e. The molecule has 23 heavy (non-hydrogen) atoms. The highest BCUT2D eigenvalue weighted by molar-refractivity contribution is 7.98. The first-order valence-electron chi connectivity index (χ1n) is 7.19. The molecule has 0 unspecified atom stereocenters. The van der Waals surface area contributed by atoms with E-state index in [-0.39, 0.29) is 5.75 Å². The predicted octanol–water partition coefficient (Wildman–Crippen LogP) is 4.08. The molecule has 4 nitrogen and oxygen atoms in total. The van der Waals surface area contributed by atoms with Gasteiger partial charge < -0.3 is 5.11 Å². The number of phenolic OH excluding ortho intramolecular Hbond substituents is 1. The maximum Gasteiger partial charge on any atom is 0.174 e. The lowest BCUT2D eigenvalue weighted by Gasteiger charge is -2.01. The molecule has 0 saturated heterocycles. The van der Waals surface area contributed by atoms with Crippen LogP contribution < -0.4 is 0 Å². The Balaban J connectivity index is 1.86. The lowest BCUT2D eigenvalue weighted by molar-refractivity contribution is 0.476. The van der Waals surface area contributed by atoms with Crippen LogP contribution in [0.3, 0.4) is 0 Å². The second-order valence-corrected chi connectivity index (χ2v) is 5.92. The first-order valence-corrected chi connectivity index (χ1v) is 8.41. The molecule has 0 spiro atoms. The highest BCUT2D eigenvalue weighted by Gasteiger charge is 2.11. The molecule has 1 heterocycles. The average molecular weight is 323 g/mol. The highest BCUT2D eigenvalue weighted by Crippen LogP contribution is 2.26. The number of aryl methyl sites for hydroxylation is 1. The van der Waals surface area contributed by atoms with Gasteiger partial charge in [-0.15, -0.1) is 11.8 Å². The molecule has 0 saturated carbocycles. The minimum Gasteiger partial charge on any atom is -0.507 e. The van der Waals surface area contributed by atoms with E-state index >= 15 is 0 Å². The number of benzene rings is 2. The van der Waals surface area contributed by atoms with E-state index in [1.54, 1.807) is 28.6 Å². The number of hydrogen-bond acceptors (Lipinski definition) is 4. The molecule has 0 aliphatic rings. The first kappa shape index (κ1) is 15.4. The van der Waals surface area contributed by atoms with Gasteiger partial charge in [-0.1, -0.05) is 30.3 Å². The lowest BCUT2D eigenvalue weighted by atomic mass is 10.2. The Kier molecular flexibility index (Phi) is 4.48. The fourth-order valence-electron chi connectivity index (χ4n) is 2.26. The van der Waals surface area contributed by atoms with Gasteiger partial charge in [0.15, 0.2) is 11.6 Å². The van der Waals surface area contributed by atoms with Crippen molar-refractivity contribution in [2.24, 2.45) is 7.05 Å². The van der Waals surface area contributed by atoms with Crippen LogP contribution in [0.25, 0.3) is 23.5 Å². The van der Waals surface area contributed by atoms with Crippen LogP contribution in [-0.2, 0) is 7.05 Å². The normalized spacial score (nSPS) is 11.2. The molecule has 0 atom stereocenters. The van der Waals surface area contributed by atoms with Crippen molar-refractivity contribution >= 4 is 23.9 Å². The SMILES string of the molecule is CSc1ccc(/C=C/c2nc(-c3ccccc3O)n(C)n2)cc1. The maximum absolute atomic E-state index is 9.95. The van der Waals surface area contributed by atoms with E-state index in [1.165, 1.54) is 4.90 Å². The number of rotatable bonds is 4. The molecule has 116 valence electrons. The van der Waals surface area contributed by atoms with Crippen LogP contribution in [0.4, 0.5) is 0 Å². The molecule has 5 heteroatoms. The van der Waals surface area contributed by atoms with E-state index in [4.69, 9.17) is 0 Å². The van der Waals surface area contributed by atoms with Crippen LogP contribution in [0.5, 0.6) is 5.75 Å². The number of aromatic nitrogens is 3. The topological polar surface area (TPSA) is 50.9 Å². The smallest absolute Gasteiger partial charge is 0.174 e. The van der Waals surface area contributed by atoms with E-state index in [9.17, 15) is 5.11 Å². The van der Waals surface area contributed by atoms with Gasteiger partial charge in [-0.25, -0.2) is 9.67 Å². The van der Waals surface area contributed by atoms with Crippen LogP contribution in [0, 0.1) is 0 Å². The highest BCUT2D eigenvalue weighted by atomic mass is 32.2. The molecule has 3 aromatic rings. The quantitative estimate of drug-likeness (QED) is 0.735. The minimum atomic E-state index is 0.200. The van der Waals surface area contributed by atoms with Gasteiger partial charge in [-0.05, 0) is 42.2 Å². The third kappa shape index (κ3) is 3.46. The van der Waals surface area contributed by atoms with Crippen molar-refractivity contribution in [1.29, 1.82) is 0 Å². The molecule has 0 fully saturated rings. The van der Waals surface area contributed by atoms with Gasteiger partial charge in [-0.2, -0.15) is 5.10 Å². The van der Waals surface area contributed by atoms with Crippen molar-refractivity contribution in [2.75, 3.05) is 6.26 Å². The number of phenols is 1. The molecule has 0 radical (unpaired) electrons.